The number of rotatable bonds is 2. The number of hydrogen-bond acceptors (Lipinski definition) is 2. The molecule has 1 aliphatic heterocycles. The van der Waals surface area contributed by atoms with Crippen LogP contribution in [0.1, 0.15) is 19.0 Å². The molecule has 0 aromatic carbocycles. The molecule has 15 heavy (non-hydrogen) atoms. The van der Waals surface area contributed by atoms with Gasteiger partial charge in [0.1, 0.15) is 0 Å². The molecule has 0 bridgehead atoms. The molecular formula is C10H15F2N3. The van der Waals surface area contributed by atoms with Crippen molar-refractivity contribution in [1.29, 1.82) is 0 Å². The summed E-state index contributed by atoms with van der Waals surface area (Å²) in [5, 5.41) is 0. The molecule has 84 valence electrons. The average Bonchev–Trinajstić information content (AvgIpc) is 2.65. The number of aromatic nitrogens is 2. The van der Waals surface area contributed by atoms with E-state index in [1.165, 1.54) is 0 Å². The van der Waals surface area contributed by atoms with E-state index in [2.05, 4.69) is 9.97 Å². The molecule has 1 aromatic rings. The first-order chi connectivity index (χ1) is 7.08. The smallest absolute Gasteiger partial charge is 0.253 e. The van der Waals surface area contributed by atoms with E-state index in [1.807, 2.05) is 4.90 Å². The van der Waals surface area contributed by atoms with Gasteiger partial charge in [0.2, 0.25) is 0 Å². The fourth-order valence-electron chi connectivity index (χ4n) is 1.92. The molecule has 1 fully saturated rings. The molecule has 1 unspecified atom stereocenters. The minimum Gasteiger partial charge on any atom is -0.347 e. The van der Waals surface area contributed by atoms with Gasteiger partial charge in [-0.05, 0) is 0 Å². The Hall–Kier alpha value is -0.970. The van der Waals surface area contributed by atoms with Gasteiger partial charge in [0, 0.05) is 43.9 Å². The van der Waals surface area contributed by atoms with Crippen LogP contribution in [0, 0.1) is 5.92 Å². The van der Waals surface area contributed by atoms with Crippen molar-refractivity contribution in [2.75, 3.05) is 13.1 Å². The molecule has 5 heteroatoms. The highest BCUT2D eigenvalue weighted by Crippen LogP contribution is 2.33. The normalized spacial score (nSPS) is 26.7. The summed E-state index contributed by atoms with van der Waals surface area (Å²) < 4.78 is 26.4. The van der Waals surface area contributed by atoms with E-state index in [0.717, 1.165) is 5.69 Å². The predicted octanol–water partition coefficient (Wildman–Crippen LogP) is 1.89. The van der Waals surface area contributed by atoms with E-state index < -0.39 is 11.8 Å². The van der Waals surface area contributed by atoms with Crippen LogP contribution in [0.5, 0.6) is 0 Å². The first-order valence-electron chi connectivity index (χ1n) is 5.15. The summed E-state index contributed by atoms with van der Waals surface area (Å²) in [6.07, 6.45) is 3.30. The zero-order chi connectivity index (χ0) is 10.9. The number of imidazole rings is 1. The van der Waals surface area contributed by atoms with Gasteiger partial charge in [-0.2, -0.15) is 0 Å². The Morgan fingerprint density at radius 2 is 2.47 bits per heavy atom. The molecule has 1 saturated heterocycles. The average molecular weight is 215 g/mol. The van der Waals surface area contributed by atoms with Crippen LogP contribution in [-0.2, 0) is 6.54 Å². The SMILES string of the molecule is CC1CN(Cc2cnc[nH]2)CCC1(F)F. The monoisotopic (exact) mass is 215 g/mol. The summed E-state index contributed by atoms with van der Waals surface area (Å²) in [6.45, 7) is 3.20. The largest absolute Gasteiger partial charge is 0.347 e. The minimum atomic E-state index is -2.50. The van der Waals surface area contributed by atoms with Gasteiger partial charge in [-0.1, -0.05) is 6.92 Å². The fourth-order valence-corrected chi connectivity index (χ4v) is 1.92. The number of H-pyrrole nitrogens is 1. The third kappa shape index (κ3) is 2.34. The van der Waals surface area contributed by atoms with Crippen LogP contribution in [0.3, 0.4) is 0 Å². The maximum Gasteiger partial charge on any atom is 0.253 e. The summed E-state index contributed by atoms with van der Waals surface area (Å²) in [5.41, 5.74) is 0.979. The number of aromatic amines is 1. The lowest BCUT2D eigenvalue weighted by Gasteiger charge is -2.36. The van der Waals surface area contributed by atoms with E-state index in [4.69, 9.17) is 0 Å². The van der Waals surface area contributed by atoms with Crippen LogP contribution in [0.4, 0.5) is 8.78 Å². The third-order valence-corrected chi connectivity index (χ3v) is 2.96. The highest BCUT2D eigenvalue weighted by Gasteiger charge is 2.40. The Balaban J connectivity index is 1.92. The Morgan fingerprint density at radius 1 is 1.67 bits per heavy atom. The number of hydrogen-bond donors (Lipinski definition) is 1. The summed E-state index contributed by atoms with van der Waals surface area (Å²) in [7, 11) is 0. The van der Waals surface area contributed by atoms with E-state index in [-0.39, 0.29) is 6.42 Å². The number of nitrogens with zero attached hydrogens (tertiary/aromatic N) is 2. The molecule has 1 N–H and O–H groups in total. The number of likely N-dealkylation sites (tertiary alicyclic amines) is 1. The summed E-state index contributed by atoms with van der Waals surface area (Å²) >= 11 is 0. The molecule has 0 spiro atoms. The van der Waals surface area contributed by atoms with Gasteiger partial charge in [0.25, 0.3) is 5.92 Å². The van der Waals surface area contributed by atoms with Crippen LogP contribution in [-0.4, -0.2) is 33.9 Å². The number of nitrogens with one attached hydrogen (secondary N) is 1. The Bertz CT molecular complexity index is 310. The van der Waals surface area contributed by atoms with Crippen molar-refractivity contribution in [2.24, 2.45) is 5.92 Å². The number of alkyl halides is 2. The Kier molecular flexibility index (Phi) is 2.73. The summed E-state index contributed by atoms with van der Waals surface area (Å²) in [6, 6.07) is 0. The Labute approximate surface area is 87.5 Å². The lowest BCUT2D eigenvalue weighted by atomic mass is 9.95. The molecule has 0 radical (unpaired) electrons. The molecule has 0 saturated carbocycles. The van der Waals surface area contributed by atoms with Gasteiger partial charge in [0.05, 0.1) is 6.33 Å². The van der Waals surface area contributed by atoms with Crippen LogP contribution in [0.25, 0.3) is 0 Å². The maximum atomic E-state index is 13.2. The van der Waals surface area contributed by atoms with Gasteiger partial charge in [-0.3, -0.25) is 4.90 Å². The summed E-state index contributed by atoms with van der Waals surface area (Å²) in [5.74, 6) is -3.06. The maximum absolute atomic E-state index is 13.2. The van der Waals surface area contributed by atoms with Crippen molar-refractivity contribution in [2.45, 2.75) is 25.8 Å². The molecule has 1 atom stereocenters. The lowest BCUT2D eigenvalue weighted by Crippen LogP contribution is -2.45. The lowest BCUT2D eigenvalue weighted by molar-refractivity contribution is -0.100. The molecule has 1 aromatic heterocycles. The number of halogens is 2. The molecular weight excluding hydrogens is 200 g/mol. The second-order valence-electron chi connectivity index (χ2n) is 4.22. The van der Waals surface area contributed by atoms with Crippen molar-refractivity contribution in [3.63, 3.8) is 0 Å². The first kappa shape index (κ1) is 10.5. The molecule has 2 rings (SSSR count). The molecule has 3 nitrogen and oxygen atoms in total. The minimum absolute atomic E-state index is 0.0394. The molecule has 0 aliphatic carbocycles. The van der Waals surface area contributed by atoms with Crippen LogP contribution >= 0.6 is 0 Å². The standard InChI is InChI=1S/C10H15F2N3/c1-8-5-15(3-2-10(8,11)12)6-9-4-13-7-14-9/h4,7-8H,2-3,5-6H2,1H3,(H,13,14). The zero-order valence-corrected chi connectivity index (χ0v) is 8.71. The fraction of sp³-hybridized carbons (Fsp3) is 0.700. The first-order valence-corrected chi connectivity index (χ1v) is 5.15. The van der Waals surface area contributed by atoms with Crippen molar-refractivity contribution >= 4 is 0 Å². The predicted molar refractivity (Wildman–Crippen MR) is 52.6 cm³/mol. The molecule has 0 amide bonds. The van der Waals surface area contributed by atoms with E-state index in [9.17, 15) is 8.78 Å². The van der Waals surface area contributed by atoms with Crippen molar-refractivity contribution in [3.05, 3.63) is 18.2 Å². The van der Waals surface area contributed by atoms with Crippen molar-refractivity contribution < 1.29 is 8.78 Å². The highest BCUT2D eigenvalue weighted by molar-refractivity contribution is 4.95. The van der Waals surface area contributed by atoms with Crippen LogP contribution < -0.4 is 0 Å². The van der Waals surface area contributed by atoms with E-state index in [0.29, 0.717) is 19.6 Å². The second-order valence-corrected chi connectivity index (χ2v) is 4.22. The molecule has 2 heterocycles. The molecule has 1 aliphatic rings. The van der Waals surface area contributed by atoms with Crippen molar-refractivity contribution in [1.82, 2.24) is 14.9 Å². The van der Waals surface area contributed by atoms with Gasteiger partial charge < -0.3 is 4.98 Å². The van der Waals surface area contributed by atoms with E-state index in [1.54, 1.807) is 19.4 Å². The van der Waals surface area contributed by atoms with E-state index >= 15 is 0 Å². The Morgan fingerprint density at radius 3 is 3.07 bits per heavy atom. The van der Waals surface area contributed by atoms with Crippen LogP contribution in [0.2, 0.25) is 0 Å². The summed E-state index contributed by atoms with van der Waals surface area (Å²) in [4.78, 5) is 8.92. The number of piperidine rings is 1. The highest BCUT2D eigenvalue weighted by atomic mass is 19.3. The van der Waals surface area contributed by atoms with Gasteiger partial charge in [0.15, 0.2) is 0 Å². The third-order valence-electron chi connectivity index (χ3n) is 2.96. The van der Waals surface area contributed by atoms with Crippen molar-refractivity contribution in [3.8, 4) is 0 Å². The van der Waals surface area contributed by atoms with Gasteiger partial charge in [-0.25, -0.2) is 13.8 Å². The zero-order valence-electron chi connectivity index (χ0n) is 8.71. The van der Waals surface area contributed by atoms with Gasteiger partial charge >= 0.3 is 0 Å². The quantitative estimate of drug-likeness (QED) is 0.817. The topological polar surface area (TPSA) is 31.9 Å². The van der Waals surface area contributed by atoms with Crippen LogP contribution in [0.15, 0.2) is 12.5 Å². The second kappa shape index (κ2) is 3.89. The van der Waals surface area contributed by atoms with Gasteiger partial charge in [-0.15, -0.1) is 0 Å².